The van der Waals surface area contributed by atoms with Gasteiger partial charge in [0.2, 0.25) is 0 Å². The fourth-order valence-electron chi connectivity index (χ4n) is 3.95. The van der Waals surface area contributed by atoms with Crippen LogP contribution in [0.5, 0.6) is 0 Å². The number of hydrogen-bond donors (Lipinski definition) is 2. The van der Waals surface area contributed by atoms with Gasteiger partial charge in [0, 0.05) is 5.39 Å². The zero-order valence-corrected chi connectivity index (χ0v) is 14.6. The molecule has 3 rings (SSSR count). The van der Waals surface area contributed by atoms with Crippen LogP contribution >= 0.6 is 0 Å². The number of aryl methyl sites for hydroxylation is 1. The Hall–Kier alpha value is -2.39. The number of aliphatic carboxylic acids is 1. The van der Waals surface area contributed by atoms with Gasteiger partial charge in [0.1, 0.15) is 17.5 Å². The van der Waals surface area contributed by atoms with E-state index in [4.69, 9.17) is 4.74 Å². The first-order valence-electron chi connectivity index (χ1n) is 8.45. The van der Waals surface area contributed by atoms with Crippen LogP contribution in [0.15, 0.2) is 6.07 Å². The minimum Gasteiger partial charge on any atom is -0.481 e. The van der Waals surface area contributed by atoms with Gasteiger partial charge in [0.25, 0.3) is 0 Å². The molecule has 2 N–H and O–H groups in total. The van der Waals surface area contributed by atoms with Crippen LogP contribution in [0.25, 0.3) is 10.9 Å². The Morgan fingerprint density at radius 2 is 2.32 bits per heavy atom. The Labute approximate surface area is 145 Å². The van der Waals surface area contributed by atoms with Crippen LogP contribution in [0.4, 0.5) is 4.39 Å². The molecule has 2 heterocycles. The van der Waals surface area contributed by atoms with Crippen molar-refractivity contribution in [3.8, 4) is 6.07 Å². The number of aromatic nitrogens is 1. The summed E-state index contributed by atoms with van der Waals surface area (Å²) in [6, 6.07) is 3.30. The highest BCUT2D eigenvalue weighted by Crippen LogP contribution is 2.46. The quantitative estimate of drug-likeness (QED) is 0.884. The Kier molecular flexibility index (Phi) is 4.29. The van der Waals surface area contributed by atoms with Gasteiger partial charge in [-0.15, -0.1) is 0 Å². The fourth-order valence-corrected chi connectivity index (χ4v) is 3.95. The van der Waals surface area contributed by atoms with Crippen LogP contribution in [0.2, 0.25) is 0 Å². The van der Waals surface area contributed by atoms with E-state index < -0.39 is 17.4 Å². The molecule has 0 amide bonds. The average molecular weight is 344 g/mol. The molecule has 1 aliphatic rings. The topological polar surface area (TPSA) is 86.1 Å². The highest BCUT2D eigenvalue weighted by Gasteiger charge is 2.46. The van der Waals surface area contributed by atoms with Gasteiger partial charge in [-0.05, 0) is 36.5 Å². The minimum atomic E-state index is -0.997. The Morgan fingerprint density at radius 1 is 1.60 bits per heavy atom. The molecule has 5 nitrogen and oxygen atoms in total. The summed E-state index contributed by atoms with van der Waals surface area (Å²) < 4.78 is 20.3. The standard InChI is InChI=1S/C19H21FN2O3/c1-4-11(3)19(8-15(23)24)18-12(5-6-25-19)16-13(9-21)14(20)7-10(2)17(16)22-18/h7,11,22H,4-6,8H2,1-3H3,(H,23,24)/t11?,19-/m1/s1. The number of halogens is 1. The number of carbonyl (C=O) groups is 1. The predicted molar refractivity (Wildman–Crippen MR) is 90.8 cm³/mol. The summed E-state index contributed by atoms with van der Waals surface area (Å²) >= 11 is 0. The lowest BCUT2D eigenvalue weighted by Crippen LogP contribution is -2.43. The first-order chi connectivity index (χ1) is 11.9. The van der Waals surface area contributed by atoms with Gasteiger partial charge in [0.15, 0.2) is 0 Å². The van der Waals surface area contributed by atoms with E-state index in [2.05, 4.69) is 4.98 Å². The third-order valence-electron chi connectivity index (χ3n) is 5.40. The van der Waals surface area contributed by atoms with Gasteiger partial charge in [0.05, 0.1) is 29.8 Å². The van der Waals surface area contributed by atoms with Crippen LogP contribution in [-0.4, -0.2) is 22.7 Å². The molecular formula is C19H21FN2O3. The van der Waals surface area contributed by atoms with Crippen molar-refractivity contribution in [2.45, 2.75) is 45.6 Å². The van der Waals surface area contributed by atoms with Crippen LogP contribution in [0.1, 0.15) is 49.1 Å². The van der Waals surface area contributed by atoms with E-state index in [1.807, 2.05) is 19.9 Å². The number of H-pyrrole nitrogens is 1. The summed E-state index contributed by atoms with van der Waals surface area (Å²) in [5, 5.41) is 19.5. The van der Waals surface area contributed by atoms with Gasteiger partial charge in [-0.2, -0.15) is 5.26 Å². The second-order valence-corrected chi connectivity index (χ2v) is 6.76. The van der Waals surface area contributed by atoms with Crippen molar-refractivity contribution in [2.24, 2.45) is 5.92 Å². The number of nitrogens with one attached hydrogen (secondary N) is 1. The maximum Gasteiger partial charge on any atom is 0.306 e. The molecule has 0 saturated carbocycles. The molecule has 6 heteroatoms. The SMILES string of the molecule is CCC(C)[C@@]1(CC(=O)O)OCCc2c1[nH]c1c(C)cc(F)c(C#N)c21. The first kappa shape index (κ1) is 17.4. The van der Waals surface area contributed by atoms with Crippen LogP contribution in [0, 0.1) is 30.0 Å². The number of benzene rings is 1. The number of nitrogens with zero attached hydrogens (tertiary/aromatic N) is 1. The number of aromatic amines is 1. The van der Waals surface area contributed by atoms with Crippen molar-refractivity contribution in [3.05, 3.63) is 34.3 Å². The lowest BCUT2D eigenvalue weighted by molar-refractivity contribution is -0.155. The lowest BCUT2D eigenvalue weighted by atomic mass is 9.77. The summed E-state index contributed by atoms with van der Waals surface area (Å²) in [5.41, 5.74) is 1.87. The number of carboxylic acids is 1. The monoisotopic (exact) mass is 344 g/mol. The maximum absolute atomic E-state index is 14.3. The molecule has 1 aromatic carbocycles. The second kappa shape index (κ2) is 6.16. The molecule has 25 heavy (non-hydrogen) atoms. The van der Waals surface area contributed by atoms with E-state index in [-0.39, 0.29) is 17.9 Å². The maximum atomic E-state index is 14.3. The number of fused-ring (bicyclic) bond motifs is 3. The van der Waals surface area contributed by atoms with E-state index in [9.17, 15) is 19.6 Å². The molecule has 0 aliphatic carbocycles. The van der Waals surface area contributed by atoms with Gasteiger partial charge in [-0.25, -0.2) is 4.39 Å². The molecule has 1 aromatic heterocycles. The summed E-state index contributed by atoms with van der Waals surface area (Å²) in [6.45, 7) is 6.07. The van der Waals surface area contributed by atoms with E-state index in [1.165, 1.54) is 6.07 Å². The molecule has 2 atom stereocenters. The molecule has 1 unspecified atom stereocenters. The third kappa shape index (κ3) is 2.50. The number of hydrogen-bond acceptors (Lipinski definition) is 3. The van der Waals surface area contributed by atoms with Crippen molar-refractivity contribution in [1.82, 2.24) is 4.98 Å². The molecule has 1 aliphatic heterocycles. The molecule has 0 bridgehead atoms. The van der Waals surface area contributed by atoms with Crippen molar-refractivity contribution in [1.29, 1.82) is 5.26 Å². The Bertz CT molecular complexity index is 896. The van der Waals surface area contributed by atoms with Crippen molar-refractivity contribution < 1.29 is 19.0 Å². The fraction of sp³-hybridized carbons (Fsp3) is 0.474. The average Bonchev–Trinajstić information content (AvgIpc) is 2.95. The van der Waals surface area contributed by atoms with E-state index in [0.29, 0.717) is 35.2 Å². The largest absolute Gasteiger partial charge is 0.481 e. The first-order valence-corrected chi connectivity index (χ1v) is 8.45. The van der Waals surface area contributed by atoms with Crippen LogP contribution in [0.3, 0.4) is 0 Å². The van der Waals surface area contributed by atoms with Crippen LogP contribution < -0.4 is 0 Å². The van der Waals surface area contributed by atoms with E-state index in [0.717, 1.165) is 12.0 Å². The molecule has 0 spiro atoms. The molecule has 0 radical (unpaired) electrons. The van der Waals surface area contributed by atoms with Crippen molar-refractivity contribution >= 4 is 16.9 Å². The smallest absolute Gasteiger partial charge is 0.306 e. The van der Waals surface area contributed by atoms with Crippen LogP contribution in [-0.2, 0) is 21.6 Å². The zero-order valence-electron chi connectivity index (χ0n) is 14.6. The second-order valence-electron chi connectivity index (χ2n) is 6.76. The normalized spacial score (nSPS) is 20.9. The number of ether oxygens (including phenoxy) is 1. The van der Waals surface area contributed by atoms with E-state index >= 15 is 0 Å². The zero-order chi connectivity index (χ0) is 18.4. The lowest BCUT2D eigenvalue weighted by Gasteiger charge is -2.40. The summed E-state index contributed by atoms with van der Waals surface area (Å²) in [6.07, 6.45) is 1.08. The molecular weight excluding hydrogens is 323 g/mol. The third-order valence-corrected chi connectivity index (χ3v) is 5.40. The summed E-state index contributed by atoms with van der Waals surface area (Å²) in [5.74, 6) is -1.55. The van der Waals surface area contributed by atoms with E-state index in [1.54, 1.807) is 6.92 Å². The van der Waals surface area contributed by atoms with Gasteiger partial charge >= 0.3 is 5.97 Å². The highest BCUT2D eigenvalue weighted by atomic mass is 19.1. The Morgan fingerprint density at radius 3 is 2.92 bits per heavy atom. The van der Waals surface area contributed by atoms with Gasteiger partial charge in [-0.3, -0.25) is 4.79 Å². The minimum absolute atomic E-state index is 0.00776. The highest BCUT2D eigenvalue weighted by molar-refractivity contribution is 5.93. The number of rotatable bonds is 4. The molecule has 132 valence electrons. The molecule has 0 fully saturated rings. The van der Waals surface area contributed by atoms with Gasteiger partial charge < -0.3 is 14.8 Å². The molecule has 2 aromatic rings. The number of nitriles is 1. The summed E-state index contributed by atoms with van der Waals surface area (Å²) in [7, 11) is 0. The summed E-state index contributed by atoms with van der Waals surface area (Å²) in [4.78, 5) is 14.8. The Balaban J connectivity index is 2.38. The number of carboxylic acid groups (broad SMARTS) is 1. The van der Waals surface area contributed by atoms with Crippen molar-refractivity contribution in [2.75, 3.05) is 6.61 Å². The van der Waals surface area contributed by atoms with Crippen molar-refractivity contribution in [3.63, 3.8) is 0 Å². The molecule has 0 saturated heterocycles. The predicted octanol–water partition coefficient (Wildman–Crippen LogP) is 3.78. The van der Waals surface area contributed by atoms with Gasteiger partial charge in [-0.1, -0.05) is 20.3 Å².